The molecule has 0 aromatic carbocycles. The molecular weight excluding hydrogens is 387 g/mol. The Labute approximate surface area is 120 Å². The Kier molecular flexibility index (Phi) is 52.7. The third-order valence-electron chi connectivity index (χ3n) is 0.586. The van der Waals surface area contributed by atoms with Crippen LogP contribution in [0.25, 0.3) is 0 Å². The van der Waals surface area contributed by atoms with Crippen molar-refractivity contribution in [2.45, 2.75) is 19.5 Å². The average Bonchev–Trinajstić information content (AvgIpc) is 2.11. The number of halogens is 2. The van der Waals surface area contributed by atoms with Gasteiger partial charge in [0.25, 0.3) is 0 Å². The Morgan fingerprint density at radius 2 is 1.62 bits per heavy atom. The molecule has 1 rings (SSSR count). The van der Waals surface area contributed by atoms with Gasteiger partial charge < -0.3 is 14.9 Å². The van der Waals surface area contributed by atoms with Crippen molar-refractivity contribution in [2.24, 2.45) is 0 Å². The van der Waals surface area contributed by atoms with Gasteiger partial charge in [-0.2, -0.15) is 6.08 Å². The molecule has 1 aliphatic carbocycles. The summed E-state index contributed by atoms with van der Waals surface area (Å²) in [5, 5.41) is 0. The Hall–Kier alpha value is 1.54. The van der Waals surface area contributed by atoms with E-state index in [0.29, 0.717) is 0 Å². The molecule has 0 fully saturated rings. The minimum atomic E-state index is 0. The van der Waals surface area contributed by atoms with E-state index in [1.54, 1.807) is 23.3 Å². The molecule has 0 unspecified atom stereocenters. The molecule has 0 saturated heterocycles. The molecule has 0 spiro atoms. The maximum atomic E-state index is 2.99. The fourth-order valence-corrected chi connectivity index (χ4v) is 0.340. The summed E-state index contributed by atoms with van der Waals surface area (Å²) in [7, 11) is 0. The van der Waals surface area contributed by atoms with E-state index in [-0.39, 0.29) is 54.2 Å². The van der Waals surface area contributed by atoms with Gasteiger partial charge in [-0.25, -0.2) is 12.2 Å². The van der Waals surface area contributed by atoms with E-state index >= 15 is 0 Å². The Morgan fingerprint density at radius 3 is 1.69 bits per heavy atom. The van der Waals surface area contributed by atoms with Gasteiger partial charge in [0.05, 0.1) is 0 Å². The molecule has 80 valence electrons. The van der Waals surface area contributed by atoms with Crippen LogP contribution in [0, 0.1) is 20.9 Å². The quantitative estimate of drug-likeness (QED) is 0.419. The second kappa shape index (κ2) is 23.4. The number of allylic oxidation sites excluding steroid dienone is 4. The molecule has 0 heterocycles. The Morgan fingerprint density at radius 1 is 1.23 bits per heavy atom. The predicted octanol–water partition coefficient (Wildman–Crippen LogP) is 4.15. The predicted molar refractivity (Wildman–Crippen MR) is 72.5 cm³/mol. The van der Waals surface area contributed by atoms with Crippen molar-refractivity contribution in [3.05, 3.63) is 39.2 Å². The summed E-state index contributed by atoms with van der Waals surface area (Å²) in [5.74, 6) is 0. The zero-order valence-electron chi connectivity index (χ0n) is 8.76. The van der Waals surface area contributed by atoms with E-state index in [1.165, 1.54) is 0 Å². The molecule has 0 amide bonds. The van der Waals surface area contributed by atoms with Crippen LogP contribution in [-0.4, -0.2) is 5.43 Å². The van der Waals surface area contributed by atoms with Gasteiger partial charge in [0, 0.05) is 0 Å². The van der Waals surface area contributed by atoms with Crippen molar-refractivity contribution in [2.75, 3.05) is 0 Å². The molecule has 0 aliphatic heterocycles. The summed E-state index contributed by atoms with van der Waals surface area (Å²) >= 11 is 1.74. The van der Waals surface area contributed by atoms with Crippen molar-refractivity contribution in [3.63, 3.8) is 0 Å². The van der Waals surface area contributed by atoms with Gasteiger partial charge in [0.2, 0.25) is 0 Å². The van der Waals surface area contributed by atoms with Crippen molar-refractivity contribution in [1.82, 2.24) is 0 Å². The smallest absolute Gasteiger partial charge is 0.109 e. The van der Waals surface area contributed by atoms with E-state index in [1.807, 2.05) is 12.2 Å². The fraction of sp³-hybridized carbons (Fsp3) is 0.333. The standard InChI is InChI=1S/C5H5.C2H6Si.2CH3.2BrH.Zr/c1-2-4-5-3-1;1-3-2;;;;;/h1-3H,4H2;1-2H3;2*1H3;2*1H;/q-1;;2*-1;;;. The first kappa shape index (κ1) is 29.3. The van der Waals surface area contributed by atoms with Gasteiger partial charge in [-0.3, -0.25) is 6.08 Å². The summed E-state index contributed by atoms with van der Waals surface area (Å²) in [6, 6.07) is 0. The number of hydrogen-bond donors (Lipinski definition) is 0. The van der Waals surface area contributed by atoms with Crippen LogP contribution >= 0.6 is 34.0 Å². The van der Waals surface area contributed by atoms with Crippen LogP contribution in [0.5, 0.6) is 0 Å². The Balaban J connectivity index is -0.0000000256. The van der Waals surface area contributed by atoms with E-state index in [2.05, 4.69) is 25.2 Å². The normalized spacial score (nSPS) is 8.69. The van der Waals surface area contributed by atoms with Crippen LogP contribution in [-0.2, 0) is 23.3 Å². The van der Waals surface area contributed by atoms with E-state index in [9.17, 15) is 0 Å². The molecular formula is C9H19Br2SiZr-3. The summed E-state index contributed by atoms with van der Waals surface area (Å²) in [6.07, 6.45) is 10.0. The van der Waals surface area contributed by atoms with E-state index in [0.717, 1.165) is 6.42 Å². The van der Waals surface area contributed by atoms with Crippen molar-refractivity contribution in [3.8, 4) is 0 Å². The monoisotopic (exact) mass is 403 g/mol. The van der Waals surface area contributed by atoms with Crippen molar-refractivity contribution < 1.29 is 23.3 Å². The maximum Gasteiger partial charge on any atom is -0.109 e. The minimum absolute atomic E-state index is 0. The first-order valence-electron chi connectivity index (χ1n) is 2.97. The zero-order valence-corrected chi connectivity index (χ0v) is 15.6. The van der Waals surface area contributed by atoms with Crippen LogP contribution in [0.4, 0.5) is 0 Å². The maximum absolute atomic E-state index is 2.99. The number of rotatable bonds is 0. The van der Waals surface area contributed by atoms with Gasteiger partial charge in [-0.05, 0) is 0 Å². The van der Waals surface area contributed by atoms with Crippen LogP contribution in [0.3, 0.4) is 0 Å². The Bertz CT molecular complexity index is 131. The summed E-state index contributed by atoms with van der Waals surface area (Å²) in [4.78, 5) is 0. The third-order valence-corrected chi connectivity index (χ3v) is 0.586. The van der Waals surface area contributed by atoms with Gasteiger partial charge in [-0.15, -0.1) is 40.4 Å². The molecule has 0 N–H and O–H groups in total. The second-order valence-electron chi connectivity index (χ2n) is 2.00. The van der Waals surface area contributed by atoms with Crippen LogP contribution < -0.4 is 0 Å². The van der Waals surface area contributed by atoms with Crippen molar-refractivity contribution >= 4 is 39.4 Å². The van der Waals surface area contributed by atoms with E-state index in [4.69, 9.17) is 0 Å². The van der Waals surface area contributed by atoms with Gasteiger partial charge in [0.15, 0.2) is 0 Å². The molecule has 0 radical (unpaired) electrons. The molecule has 0 aromatic rings. The second-order valence-corrected chi connectivity index (χ2v) is 11.4. The summed E-state index contributed by atoms with van der Waals surface area (Å²) in [6.45, 7) is 4.62. The zero-order chi connectivity index (χ0) is 7.11. The SMILES string of the molecule is Br.Br.C[Si](C)=[Zr].[C-]1=CC=CC1.[CH3-].[CH3-]. The number of hydrogen-bond acceptors (Lipinski definition) is 0. The average molecular weight is 406 g/mol. The van der Waals surface area contributed by atoms with E-state index < -0.39 is 0 Å². The molecule has 13 heavy (non-hydrogen) atoms. The third kappa shape index (κ3) is 42.2. The van der Waals surface area contributed by atoms with Crippen LogP contribution in [0.15, 0.2) is 18.2 Å². The summed E-state index contributed by atoms with van der Waals surface area (Å²) in [5.41, 5.74) is 0.210. The van der Waals surface area contributed by atoms with Crippen LogP contribution in [0.2, 0.25) is 13.1 Å². The summed E-state index contributed by atoms with van der Waals surface area (Å²) < 4.78 is 0. The fourth-order valence-electron chi connectivity index (χ4n) is 0.340. The van der Waals surface area contributed by atoms with Gasteiger partial charge in [-0.1, -0.05) is 0 Å². The molecule has 0 bridgehead atoms. The van der Waals surface area contributed by atoms with Crippen molar-refractivity contribution in [1.29, 1.82) is 0 Å². The molecule has 4 heteroatoms. The minimum Gasteiger partial charge on any atom is -0.358 e. The molecule has 0 saturated carbocycles. The van der Waals surface area contributed by atoms with Crippen LogP contribution in [0.1, 0.15) is 6.42 Å². The molecule has 0 nitrogen and oxygen atoms in total. The first-order valence-corrected chi connectivity index (χ1v) is 9.15. The largest absolute Gasteiger partial charge is 0.358 e. The topological polar surface area (TPSA) is 0 Å². The van der Waals surface area contributed by atoms with Gasteiger partial charge in [0.1, 0.15) is 0 Å². The molecule has 0 aromatic heterocycles. The molecule has 1 aliphatic rings. The molecule has 0 atom stereocenters. The van der Waals surface area contributed by atoms with Gasteiger partial charge >= 0.3 is 41.9 Å². The first-order chi connectivity index (χ1) is 4.23.